The second-order valence-corrected chi connectivity index (χ2v) is 5.85. The van der Waals surface area contributed by atoms with Gasteiger partial charge < -0.3 is 21.7 Å². The Labute approximate surface area is 126 Å². The number of hydrogen-bond acceptors (Lipinski definition) is 4. The van der Waals surface area contributed by atoms with Crippen molar-refractivity contribution in [1.29, 1.82) is 0 Å². The molecule has 0 saturated carbocycles. The van der Waals surface area contributed by atoms with Crippen molar-refractivity contribution in [3.63, 3.8) is 0 Å². The lowest BCUT2D eigenvalue weighted by Gasteiger charge is -2.30. The van der Waals surface area contributed by atoms with Gasteiger partial charge in [0, 0.05) is 5.54 Å². The van der Waals surface area contributed by atoms with Crippen molar-refractivity contribution in [1.82, 2.24) is 0 Å². The van der Waals surface area contributed by atoms with Crippen molar-refractivity contribution < 1.29 is 19.8 Å². The number of rotatable bonds is 13. The van der Waals surface area contributed by atoms with Gasteiger partial charge in [-0.2, -0.15) is 0 Å². The van der Waals surface area contributed by atoms with E-state index in [1.54, 1.807) is 0 Å². The van der Waals surface area contributed by atoms with Crippen LogP contribution in [0.25, 0.3) is 0 Å². The molecule has 0 heterocycles. The van der Waals surface area contributed by atoms with E-state index in [4.69, 9.17) is 21.7 Å². The minimum Gasteiger partial charge on any atom is -0.481 e. The lowest BCUT2D eigenvalue weighted by Crippen LogP contribution is -2.46. The van der Waals surface area contributed by atoms with Crippen LogP contribution in [-0.4, -0.2) is 34.2 Å². The highest BCUT2D eigenvalue weighted by atomic mass is 16.4. The standard InChI is InChI=1S/C15H30N2O4/c1-2-3-4-5-6-7-8-15(17,9-10-16)11-12(13(18)19)14(20)21/h12H,2-11,16-17H2,1H3,(H,18,19)(H,20,21). The van der Waals surface area contributed by atoms with Crippen molar-refractivity contribution in [2.75, 3.05) is 6.54 Å². The number of carbonyl (C=O) groups is 2. The van der Waals surface area contributed by atoms with E-state index in [-0.39, 0.29) is 6.42 Å². The van der Waals surface area contributed by atoms with Crippen LogP contribution in [0.3, 0.4) is 0 Å². The van der Waals surface area contributed by atoms with Gasteiger partial charge >= 0.3 is 11.9 Å². The predicted octanol–water partition coefficient (Wildman–Crippen LogP) is 1.96. The first-order valence-corrected chi connectivity index (χ1v) is 7.81. The topological polar surface area (TPSA) is 127 Å². The van der Waals surface area contributed by atoms with E-state index in [2.05, 4.69) is 6.92 Å². The van der Waals surface area contributed by atoms with Crippen LogP contribution in [0, 0.1) is 5.92 Å². The fourth-order valence-electron chi connectivity index (χ4n) is 2.56. The van der Waals surface area contributed by atoms with Crippen molar-refractivity contribution in [3.8, 4) is 0 Å². The Morgan fingerprint density at radius 3 is 2.00 bits per heavy atom. The molecular formula is C15H30N2O4. The van der Waals surface area contributed by atoms with Crippen LogP contribution < -0.4 is 11.5 Å². The number of carboxylic acids is 2. The molecule has 0 saturated heterocycles. The van der Waals surface area contributed by atoms with Crippen LogP contribution in [-0.2, 0) is 9.59 Å². The van der Waals surface area contributed by atoms with Crippen molar-refractivity contribution in [2.45, 2.75) is 70.3 Å². The summed E-state index contributed by atoms with van der Waals surface area (Å²) in [6.07, 6.45) is 7.64. The maximum absolute atomic E-state index is 11.0. The van der Waals surface area contributed by atoms with Gasteiger partial charge in [-0.1, -0.05) is 45.4 Å². The molecular weight excluding hydrogens is 272 g/mol. The van der Waals surface area contributed by atoms with Crippen molar-refractivity contribution >= 4 is 11.9 Å². The second kappa shape index (κ2) is 10.6. The Hall–Kier alpha value is -1.14. The van der Waals surface area contributed by atoms with Gasteiger partial charge in [0.2, 0.25) is 0 Å². The van der Waals surface area contributed by atoms with Crippen LogP contribution in [0.15, 0.2) is 0 Å². The van der Waals surface area contributed by atoms with Gasteiger partial charge in [0.15, 0.2) is 5.92 Å². The average Bonchev–Trinajstić information content (AvgIpc) is 2.40. The third-order valence-electron chi connectivity index (χ3n) is 3.88. The van der Waals surface area contributed by atoms with E-state index in [1.807, 2.05) is 0 Å². The number of carboxylic acid groups (broad SMARTS) is 2. The van der Waals surface area contributed by atoms with E-state index in [0.717, 1.165) is 19.3 Å². The molecule has 0 aromatic rings. The summed E-state index contributed by atoms with van der Waals surface area (Å²) in [6, 6.07) is 0. The summed E-state index contributed by atoms with van der Waals surface area (Å²) in [4.78, 5) is 22.0. The molecule has 0 radical (unpaired) electrons. The minimum atomic E-state index is -1.46. The van der Waals surface area contributed by atoms with Crippen LogP contribution in [0.2, 0.25) is 0 Å². The van der Waals surface area contributed by atoms with Crippen LogP contribution in [0.5, 0.6) is 0 Å². The zero-order valence-electron chi connectivity index (χ0n) is 13.0. The van der Waals surface area contributed by atoms with Crippen LogP contribution in [0.1, 0.15) is 64.7 Å². The summed E-state index contributed by atoms with van der Waals surface area (Å²) in [6.45, 7) is 2.49. The normalized spacial score (nSPS) is 14.1. The molecule has 0 bridgehead atoms. The van der Waals surface area contributed by atoms with Gasteiger partial charge in [0.1, 0.15) is 0 Å². The van der Waals surface area contributed by atoms with Gasteiger partial charge in [0.25, 0.3) is 0 Å². The molecule has 1 unspecified atom stereocenters. The van der Waals surface area contributed by atoms with Crippen molar-refractivity contribution in [2.24, 2.45) is 17.4 Å². The Morgan fingerprint density at radius 2 is 1.52 bits per heavy atom. The Kier molecular flexibility index (Phi) is 9.99. The minimum absolute atomic E-state index is 0.0656. The smallest absolute Gasteiger partial charge is 0.317 e. The molecule has 0 spiro atoms. The third kappa shape index (κ3) is 8.67. The molecule has 0 aliphatic rings. The fourth-order valence-corrected chi connectivity index (χ4v) is 2.56. The van der Waals surface area contributed by atoms with Gasteiger partial charge in [-0.25, -0.2) is 0 Å². The first-order valence-electron chi connectivity index (χ1n) is 7.81. The van der Waals surface area contributed by atoms with E-state index in [1.165, 1.54) is 19.3 Å². The highest BCUT2D eigenvalue weighted by Crippen LogP contribution is 2.25. The Bertz CT molecular complexity index is 309. The molecule has 6 heteroatoms. The second-order valence-electron chi connectivity index (χ2n) is 5.85. The van der Waals surface area contributed by atoms with E-state index >= 15 is 0 Å². The molecule has 0 rings (SSSR count). The fraction of sp³-hybridized carbons (Fsp3) is 0.867. The molecule has 6 nitrogen and oxygen atoms in total. The first-order chi connectivity index (χ1) is 9.86. The number of hydrogen-bond donors (Lipinski definition) is 4. The van der Waals surface area contributed by atoms with Gasteiger partial charge in [-0.15, -0.1) is 0 Å². The summed E-state index contributed by atoms with van der Waals surface area (Å²) in [7, 11) is 0. The number of unbranched alkanes of at least 4 members (excludes halogenated alkanes) is 5. The summed E-state index contributed by atoms with van der Waals surface area (Å²) in [5, 5.41) is 18.0. The molecule has 0 aliphatic heterocycles. The van der Waals surface area contributed by atoms with Crippen LogP contribution in [0.4, 0.5) is 0 Å². The quantitative estimate of drug-likeness (QED) is 0.304. The molecule has 124 valence electrons. The monoisotopic (exact) mass is 302 g/mol. The Balaban J connectivity index is 4.39. The molecule has 0 fully saturated rings. The zero-order chi connectivity index (χ0) is 16.3. The van der Waals surface area contributed by atoms with E-state index < -0.39 is 23.4 Å². The maximum atomic E-state index is 11.0. The van der Waals surface area contributed by atoms with Gasteiger partial charge in [-0.3, -0.25) is 9.59 Å². The lowest BCUT2D eigenvalue weighted by atomic mass is 9.81. The zero-order valence-corrected chi connectivity index (χ0v) is 13.0. The SMILES string of the molecule is CCCCCCCCC(N)(CCN)CC(C(=O)O)C(=O)O. The molecule has 0 aliphatic carbocycles. The Morgan fingerprint density at radius 1 is 1.00 bits per heavy atom. The maximum Gasteiger partial charge on any atom is 0.317 e. The number of aliphatic carboxylic acids is 2. The summed E-state index contributed by atoms with van der Waals surface area (Å²) in [5.74, 6) is -4.13. The number of nitrogens with two attached hydrogens (primary N) is 2. The van der Waals surface area contributed by atoms with Crippen LogP contribution >= 0.6 is 0 Å². The predicted molar refractivity (Wildman–Crippen MR) is 82.0 cm³/mol. The third-order valence-corrected chi connectivity index (χ3v) is 3.88. The summed E-state index contributed by atoms with van der Waals surface area (Å²) in [5.41, 5.74) is 11.0. The molecule has 0 amide bonds. The largest absolute Gasteiger partial charge is 0.481 e. The lowest BCUT2D eigenvalue weighted by molar-refractivity contribution is -0.155. The highest BCUT2D eigenvalue weighted by Gasteiger charge is 2.35. The van der Waals surface area contributed by atoms with Crippen molar-refractivity contribution in [3.05, 3.63) is 0 Å². The highest BCUT2D eigenvalue weighted by molar-refractivity contribution is 5.92. The summed E-state index contributed by atoms with van der Waals surface area (Å²) >= 11 is 0. The van der Waals surface area contributed by atoms with Gasteiger partial charge in [0.05, 0.1) is 0 Å². The first kappa shape index (κ1) is 19.9. The molecule has 6 N–H and O–H groups in total. The molecule has 0 aromatic heterocycles. The molecule has 21 heavy (non-hydrogen) atoms. The molecule has 0 aromatic carbocycles. The summed E-state index contributed by atoms with van der Waals surface area (Å²) < 4.78 is 0. The molecule has 1 atom stereocenters. The van der Waals surface area contributed by atoms with E-state index in [0.29, 0.717) is 19.4 Å². The van der Waals surface area contributed by atoms with E-state index in [9.17, 15) is 9.59 Å². The van der Waals surface area contributed by atoms with Gasteiger partial charge in [-0.05, 0) is 25.8 Å². The average molecular weight is 302 g/mol.